The van der Waals surface area contributed by atoms with Crippen LogP contribution >= 0.6 is 0 Å². The predicted molar refractivity (Wildman–Crippen MR) is 68.6 cm³/mol. The summed E-state index contributed by atoms with van der Waals surface area (Å²) in [6, 6.07) is -0.585. The van der Waals surface area contributed by atoms with E-state index in [4.69, 9.17) is 0 Å². The lowest BCUT2D eigenvalue weighted by atomic mass is 9.63. The van der Waals surface area contributed by atoms with Gasteiger partial charge in [-0.1, -0.05) is 0 Å². The molecule has 2 bridgehead atoms. The molecule has 4 amide bonds. The number of hydrogen-bond donors (Lipinski definition) is 2. The Morgan fingerprint density at radius 3 is 2.71 bits per heavy atom. The third-order valence-electron chi connectivity index (χ3n) is 4.56. The van der Waals surface area contributed by atoms with Gasteiger partial charge in [-0.3, -0.25) is 24.9 Å². The standard InChI is InChI=1S/C13H13N5O3/c19-10-7-3-13(4-7,11(20)17-10)18-6-9(16-12(18)21)8-5-14-1-2-15-8/h1-2,5,7,9H,3-4,6H2,(H,16,21)(H,17,19,20). The van der Waals surface area contributed by atoms with Gasteiger partial charge in [0.05, 0.1) is 17.9 Å². The zero-order valence-electron chi connectivity index (χ0n) is 11.1. The van der Waals surface area contributed by atoms with Crippen molar-refractivity contribution in [1.29, 1.82) is 0 Å². The summed E-state index contributed by atoms with van der Waals surface area (Å²) in [5.74, 6) is -0.761. The Bertz CT molecular complexity index is 640. The van der Waals surface area contributed by atoms with Crippen LogP contribution < -0.4 is 10.6 Å². The van der Waals surface area contributed by atoms with Gasteiger partial charge in [0.25, 0.3) is 5.91 Å². The number of aromatic nitrogens is 2. The van der Waals surface area contributed by atoms with Gasteiger partial charge < -0.3 is 10.2 Å². The van der Waals surface area contributed by atoms with Crippen LogP contribution in [-0.2, 0) is 9.59 Å². The maximum Gasteiger partial charge on any atom is 0.318 e. The number of carbonyl (C=O) groups excluding carboxylic acids is 3. The molecule has 1 saturated carbocycles. The molecular weight excluding hydrogens is 274 g/mol. The highest BCUT2D eigenvalue weighted by Crippen LogP contribution is 2.47. The molecule has 8 heteroatoms. The molecule has 2 N–H and O–H groups in total. The van der Waals surface area contributed by atoms with Gasteiger partial charge in [-0.2, -0.15) is 0 Å². The molecule has 0 aromatic carbocycles. The Balaban J connectivity index is 1.59. The maximum atomic E-state index is 12.2. The number of fused-ring (bicyclic) bond motifs is 2. The average Bonchev–Trinajstić information content (AvgIpc) is 2.81. The molecule has 0 spiro atoms. The first-order valence-corrected chi connectivity index (χ1v) is 6.79. The smallest absolute Gasteiger partial charge is 0.318 e. The number of carbonyl (C=O) groups is 3. The van der Waals surface area contributed by atoms with E-state index >= 15 is 0 Å². The van der Waals surface area contributed by atoms with Crippen molar-refractivity contribution >= 4 is 17.8 Å². The summed E-state index contributed by atoms with van der Waals surface area (Å²) in [7, 11) is 0. The topological polar surface area (TPSA) is 104 Å². The summed E-state index contributed by atoms with van der Waals surface area (Å²) < 4.78 is 0. The first-order valence-electron chi connectivity index (χ1n) is 6.79. The number of nitrogens with one attached hydrogen (secondary N) is 2. The van der Waals surface area contributed by atoms with E-state index in [-0.39, 0.29) is 29.8 Å². The van der Waals surface area contributed by atoms with Crippen molar-refractivity contribution in [3.05, 3.63) is 24.3 Å². The zero-order valence-corrected chi connectivity index (χ0v) is 11.1. The lowest BCUT2D eigenvalue weighted by Gasteiger charge is -2.53. The van der Waals surface area contributed by atoms with Crippen molar-refractivity contribution in [1.82, 2.24) is 25.5 Å². The van der Waals surface area contributed by atoms with Crippen LogP contribution in [0.15, 0.2) is 18.6 Å². The maximum absolute atomic E-state index is 12.2. The molecule has 1 aromatic rings. The summed E-state index contributed by atoms with van der Waals surface area (Å²) in [6.45, 7) is 0.353. The van der Waals surface area contributed by atoms with Crippen LogP contribution in [0.3, 0.4) is 0 Å². The SMILES string of the molecule is O=C1NC(=O)C2(N3CC(c4cnccn4)NC3=O)CC1C2. The van der Waals surface area contributed by atoms with Crippen molar-refractivity contribution in [2.75, 3.05) is 6.54 Å². The van der Waals surface area contributed by atoms with Crippen molar-refractivity contribution < 1.29 is 14.4 Å². The molecule has 5 rings (SSSR count). The second-order valence-corrected chi connectivity index (χ2v) is 5.70. The average molecular weight is 287 g/mol. The fourth-order valence-corrected chi connectivity index (χ4v) is 3.36. The Morgan fingerprint density at radius 1 is 1.24 bits per heavy atom. The highest BCUT2D eigenvalue weighted by Gasteiger charge is 2.63. The normalized spacial score (nSPS) is 34.3. The molecule has 4 fully saturated rings. The number of rotatable bonds is 2. The van der Waals surface area contributed by atoms with Crippen LogP contribution in [0.2, 0.25) is 0 Å². The molecule has 21 heavy (non-hydrogen) atoms. The van der Waals surface area contributed by atoms with Crippen molar-refractivity contribution in [2.45, 2.75) is 24.4 Å². The van der Waals surface area contributed by atoms with Gasteiger partial charge in [0.15, 0.2) is 0 Å². The largest absolute Gasteiger partial charge is 0.328 e. The summed E-state index contributed by atoms with van der Waals surface area (Å²) in [4.78, 5) is 45.6. The van der Waals surface area contributed by atoms with E-state index in [9.17, 15) is 14.4 Å². The summed E-state index contributed by atoms with van der Waals surface area (Å²) >= 11 is 0. The summed E-state index contributed by atoms with van der Waals surface area (Å²) in [5, 5.41) is 5.16. The van der Waals surface area contributed by atoms with Crippen LogP contribution in [-0.4, -0.2) is 44.8 Å². The van der Waals surface area contributed by atoms with Gasteiger partial charge >= 0.3 is 6.03 Å². The molecule has 3 aliphatic heterocycles. The Labute approximate surface area is 119 Å². The quantitative estimate of drug-likeness (QED) is 0.703. The summed E-state index contributed by atoms with van der Waals surface area (Å²) in [6.07, 6.45) is 5.55. The number of hydrogen-bond acceptors (Lipinski definition) is 5. The van der Waals surface area contributed by atoms with Crippen LogP contribution in [0.1, 0.15) is 24.6 Å². The lowest BCUT2D eigenvalue weighted by Crippen LogP contribution is -2.73. The third-order valence-corrected chi connectivity index (χ3v) is 4.56. The Morgan fingerprint density at radius 2 is 2.05 bits per heavy atom. The zero-order chi connectivity index (χ0) is 14.6. The monoisotopic (exact) mass is 287 g/mol. The number of nitrogens with zero attached hydrogens (tertiary/aromatic N) is 3. The van der Waals surface area contributed by atoms with E-state index in [2.05, 4.69) is 20.6 Å². The molecular formula is C13H13N5O3. The molecule has 0 radical (unpaired) electrons. The number of piperidine rings is 2. The van der Waals surface area contributed by atoms with Gasteiger partial charge in [0.2, 0.25) is 5.91 Å². The van der Waals surface area contributed by atoms with Gasteiger partial charge in [-0.15, -0.1) is 0 Å². The van der Waals surface area contributed by atoms with Gasteiger partial charge in [-0.05, 0) is 12.8 Å². The Hall–Kier alpha value is -2.51. The minimum Gasteiger partial charge on any atom is -0.328 e. The minimum absolute atomic E-state index is 0.161. The van der Waals surface area contributed by atoms with Gasteiger partial charge in [-0.25, -0.2) is 4.79 Å². The van der Waals surface area contributed by atoms with E-state index in [0.29, 0.717) is 25.1 Å². The van der Waals surface area contributed by atoms with Crippen molar-refractivity contribution in [2.24, 2.45) is 5.92 Å². The predicted octanol–water partition coefficient (Wildman–Crippen LogP) is -0.652. The van der Waals surface area contributed by atoms with Crippen LogP contribution in [0.5, 0.6) is 0 Å². The molecule has 1 atom stereocenters. The Kier molecular flexibility index (Phi) is 2.33. The molecule has 108 valence electrons. The van der Waals surface area contributed by atoms with Crippen molar-refractivity contribution in [3.63, 3.8) is 0 Å². The van der Waals surface area contributed by atoms with E-state index in [1.807, 2.05) is 0 Å². The highest BCUT2D eigenvalue weighted by molar-refractivity contribution is 6.08. The molecule has 1 aliphatic carbocycles. The second kappa shape index (κ2) is 4.00. The first kappa shape index (κ1) is 12.2. The number of imide groups is 1. The third kappa shape index (κ3) is 1.58. The lowest BCUT2D eigenvalue weighted by molar-refractivity contribution is -0.159. The fraction of sp³-hybridized carbons (Fsp3) is 0.462. The number of amides is 4. The van der Waals surface area contributed by atoms with Crippen molar-refractivity contribution in [3.8, 4) is 0 Å². The molecule has 8 nitrogen and oxygen atoms in total. The van der Waals surface area contributed by atoms with Gasteiger partial charge in [0.1, 0.15) is 5.54 Å². The van der Waals surface area contributed by atoms with Gasteiger partial charge in [0, 0.05) is 24.9 Å². The molecule has 4 aliphatic rings. The molecule has 4 heterocycles. The first-order chi connectivity index (χ1) is 10.1. The molecule has 3 saturated heterocycles. The second-order valence-electron chi connectivity index (χ2n) is 5.70. The van der Waals surface area contributed by atoms with E-state index in [1.54, 1.807) is 18.6 Å². The van der Waals surface area contributed by atoms with Crippen LogP contribution in [0, 0.1) is 5.92 Å². The number of urea groups is 1. The fourth-order valence-electron chi connectivity index (χ4n) is 3.36. The van der Waals surface area contributed by atoms with E-state index in [1.165, 1.54) is 4.90 Å². The molecule has 1 unspecified atom stereocenters. The van der Waals surface area contributed by atoms with E-state index < -0.39 is 5.54 Å². The van der Waals surface area contributed by atoms with Crippen LogP contribution in [0.25, 0.3) is 0 Å². The van der Waals surface area contributed by atoms with Crippen LogP contribution in [0.4, 0.5) is 4.79 Å². The summed E-state index contributed by atoms with van der Waals surface area (Å²) in [5.41, 5.74) is -0.215. The molecule has 1 aromatic heterocycles. The minimum atomic E-state index is -0.875. The highest BCUT2D eigenvalue weighted by atomic mass is 16.2. The van der Waals surface area contributed by atoms with E-state index in [0.717, 1.165) is 0 Å².